The smallest absolute Gasteiger partial charge is 0.0288 e. The van der Waals surface area contributed by atoms with Gasteiger partial charge in [0.2, 0.25) is 0 Å². The maximum Gasteiger partial charge on any atom is 0.0288 e. The lowest BCUT2D eigenvalue weighted by atomic mass is 9.90. The third-order valence-electron chi connectivity index (χ3n) is 3.86. The number of hydrogen-bond donors (Lipinski definition) is 1. The van der Waals surface area contributed by atoms with Crippen LogP contribution in [0.4, 0.5) is 0 Å². The molecule has 1 aromatic rings. The summed E-state index contributed by atoms with van der Waals surface area (Å²) in [5.74, 6) is 1.32. The Morgan fingerprint density at radius 3 is 2.88 bits per heavy atom. The monoisotopic (exact) mass is 249 g/mol. The zero-order valence-corrected chi connectivity index (χ0v) is 11.9. The van der Waals surface area contributed by atoms with Crippen LogP contribution in [0.1, 0.15) is 30.9 Å². The Labute approximate surface area is 109 Å². The first-order valence-electron chi connectivity index (χ1n) is 6.51. The Bertz CT molecular complexity index is 369. The molecular weight excluding hydrogens is 226 g/mol. The normalized spacial score (nSPS) is 26.1. The van der Waals surface area contributed by atoms with Gasteiger partial charge in [0.25, 0.3) is 0 Å². The van der Waals surface area contributed by atoms with Crippen LogP contribution in [0.2, 0.25) is 0 Å². The van der Waals surface area contributed by atoms with E-state index in [-0.39, 0.29) is 0 Å². The number of thioether (sulfide) groups is 1. The van der Waals surface area contributed by atoms with Gasteiger partial charge in [-0.1, -0.05) is 29.8 Å². The van der Waals surface area contributed by atoms with Gasteiger partial charge in [0.05, 0.1) is 0 Å². The van der Waals surface area contributed by atoms with E-state index >= 15 is 0 Å². The molecule has 0 aliphatic carbocycles. The molecule has 2 atom stereocenters. The molecule has 0 saturated carbocycles. The van der Waals surface area contributed by atoms with E-state index in [4.69, 9.17) is 0 Å². The van der Waals surface area contributed by atoms with Crippen LogP contribution >= 0.6 is 11.8 Å². The number of nitrogens with one attached hydrogen (secondary N) is 1. The van der Waals surface area contributed by atoms with Crippen molar-refractivity contribution in [2.75, 3.05) is 12.8 Å². The summed E-state index contributed by atoms with van der Waals surface area (Å²) in [5, 5.41) is 3.53. The van der Waals surface area contributed by atoms with Crippen LogP contribution in [0.3, 0.4) is 0 Å². The minimum Gasteiger partial charge on any atom is -0.315 e. The van der Waals surface area contributed by atoms with Crippen molar-refractivity contribution in [3.05, 3.63) is 35.4 Å². The molecule has 1 aliphatic rings. The van der Waals surface area contributed by atoms with Crippen molar-refractivity contribution in [2.45, 2.75) is 43.9 Å². The Morgan fingerprint density at radius 1 is 1.47 bits per heavy atom. The van der Waals surface area contributed by atoms with Gasteiger partial charge in [-0.15, -0.1) is 0 Å². The number of rotatable bonds is 4. The van der Waals surface area contributed by atoms with E-state index in [1.807, 2.05) is 0 Å². The number of likely N-dealkylation sites (N-methyl/N-ethyl adjacent to an activating group) is 1. The summed E-state index contributed by atoms with van der Waals surface area (Å²) in [5.41, 5.74) is 2.82. The number of aryl methyl sites for hydroxylation is 1. The van der Waals surface area contributed by atoms with Gasteiger partial charge < -0.3 is 5.32 Å². The average Bonchev–Trinajstić information content (AvgIpc) is 2.74. The summed E-state index contributed by atoms with van der Waals surface area (Å²) in [6.07, 6.45) is 3.85. The van der Waals surface area contributed by atoms with Crippen molar-refractivity contribution < 1.29 is 0 Å². The number of benzene rings is 1. The van der Waals surface area contributed by atoms with E-state index in [1.54, 1.807) is 0 Å². The molecule has 1 N–H and O–H groups in total. The molecule has 0 bridgehead atoms. The van der Waals surface area contributed by atoms with Crippen molar-refractivity contribution in [3.63, 3.8) is 0 Å². The highest BCUT2D eigenvalue weighted by molar-refractivity contribution is 8.00. The minimum absolute atomic E-state index is 0.415. The van der Waals surface area contributed by atoms with Crippen LogP contribution < -0.4 is 5.32 Å². The van der Waals surface area contributed by atoms with Gasteiger partial charge in [-0.25, -0.2) is 0 Å². The highest BCUT2D eigenvalue weighted by Crippen LogP contribution is 2.41. The molecule has 1 fully saturated rings. The van der Waals surface area contributed by atoms with E-state index in [0.717, 1.165) is 6.42 Å². The molecule has 2 rings (SSSR count). The van der Waals surface area contributed by atoms with Crippen LogP contribution in [-0.2, 0) is 6.42 Å². The van der Waals surface area contributed by atoms with Crippen LogP contribution in [-0.4, -0.2) is 23.6 Å². The SMILES string of the molecule is CNC(Cc1cccc(C)c1)C1(C)CCCS1. The van der Waals surface area contributed by atoms with Gasteiger partial charge in [-0.05, 0) is 51.5 Å². The zero-order valence-electron chi connectivity index (χ0n) is 11.1. The summed E-state index contributed by atoms with van der Waals surface area (Å²) in [6, 6.07) is 9.48. The second-order valence-corrected chi connectivity index (χ2v) is 6.93. The molecule has 0 amide bonds. The predicted octanol–water partition coefficient (Wildman–Crippen LogP) is 3.41. The second kappa shape index (κ2) is 5.45. The Hall–Kier alpha value is -0.470. The lowest BCUT2D eigenvalue weighted by Crippen LogP contribution is -2.45. The van der Waals surface area contributed by atoms with Crippen LogP contribution in [0.15, 0.2) is 24.3 Å². The lowest BCUT2D eigenvalue weighted by Gasteiger charge is -2.33. The van der Waals surface area contributed by atoms with Crippen molar-refractivity contribution in [3.8, 4) is 0 Å². The van der Waals surface area contributed by atoms with Crippen molar-refractivity contribution >= 4 is 11.8 Å². The number of hydrogen-bond acceptors (Lipinski definition) is 2. The van der Waals surface area contributed by atoms with Gasteiger partial charge in [0.1, 0.15) is 0 Å². The molecular formula is C15H23NS. The molecule has 2 heteroatoms. The summed E-state index contributed by atoms with van der Waals surface area (Å²) in [7, 11) is 2.10. The molecule has 0 aromatic heterocycles. The zero-order chi connectivity index (χ0) is 12.3. The van der Waals surface area contributed by atoms with E-state index in [2.05, 4.69) is 62.2 Å². The highest BCUT2D eigenvalue weighted by atomic mass is 32.2. The standard InChI is InChI=1S/C15H23NS/c1-12-6-4-7-13(10-12)11-14(16-3)15(2)8-5-9-17-15/h4,6-7,10,14,16H,5,8-9,11H2,1-3H3. The molecule has 1 nitrogen and oxygen atoms in total. The second-order valence-electron chi connectivity index (χ2n) is 5.30. The maximum absolute atomic E-state index is 3.53. The fourth-order valence-electron chi connectivity index (χ4n) is 2.77. The van der Waals surface area contributed by atoms with Crippen molar-refractivity contribution in [2.24, 2.45) is 0 Å². The van der Waals surface area contributed by atoms with Gasteiger partial charge in [-0.2, -0.15) is 11.8 Å². The molecule has 1 aliphatic heterocycles. The maximum atomic E-state index is 3.53. The summed E-state index contributed by atoms with van der Waals surface area (Å²) < 4.78 is 0.415. The first-order chi connectivity index (χ1) is 8.14. The topological polar surface area (TPSA) is 12.0 Å². The highest BCUT2D eigenvalue weighted by Gasteiger charge is 2.36. The fraction of sp³-hybridized carbons (Fsp3) is 0.600. The van der Waals surface area contributed by atoms with E-state index in [0.29, 0.717) is 10.8 Å². The van der Waals surface area contributed by atoms with E-state index in [9.17, 15) is 0 Å². The molecule has 0 spiro atoms. The molecule has 1 saturated heterocycles. The Balaban J connectivity index is 2.09. The Kier molecular flexibility index (Phi) is 4.16. The molecule has 2 unspecified atom stereocenters. The van der Waals surface area contributed by atoms with Crippen LogP contribution in [0.5, 0.6) is 0 Å². The van der Waals surface area contributed by atoms with Crippen LogP contribution in [0.25, 0.3) is 0 Å². The van der Waals surface area contributed by atoms with Gasteiger partial charge in [0.15, 0.2) is 0 Å². The fourth-order valence-corrected chi connectivity index (χ4v) is 4.22. The first-order valence-corrected chi connectivity index (χ1v) is 7.49. The van der Waals surface area contributed by atoms with Gasteiger partial charge >= 0.3 is 0 Å². The predicted molar refractivity (Wildman–Crippen MR) is 77.8 cm³/mol. The largest absolute Gasteiger partial charge is 0.315 e. The van der Waals surface area contributed by atoms with Crippen molar-refractivity contribution in [1.29, 1.82) is 0 Å². The quantitative estimate of drug-likeness (QED) is 0.877. The first kappa shape index (κ1) is 13.0. The van der Waals surface area contributed by atoms with E-state index < -0.39 is 0 Å². The lowest BCUT2D eigenvalue weighted by molar-refractivity contribution is 0.424. The van der Waals surface area contributed by atoms with Gasteiger partial charge in [0, 0.05) is 10.8 Å². The van der Waals surface area contributed by atoms with Gasteiger partial charge in [-0.3, -0.25) is 0 Å². The summed E-state index contributed by atoms with van der Waals surface area (Å²) >= 11 is 2.14. The minimum atomic E-state index is 0.415. The van der Waals surface area contributed by atoms with Crippen molar-refractivity contribution in [1.82, 2.24) is 5.32 Å². The van der Waals surface area contributed by atoms with E-state index in [1.165, 1.54) is 29.7 Å². The Morgan fingerprint density at radius 2 is 2.29 bits per heavy atom. The molecule has 0 radical (unpaired) electrons. The molecule has 17 heavy (non-hydrogen) atoms. The third kappa shape index (κ3) is 3.05. The summed E-state index contributed by atoms with van der Waals surface area (Å²) in [4.78, 5) is 0. The molecule has 94 valence electrons. The third-order valence-corrected chi connectivity index (χ3v) is 5.50. The molecule has 1 aromatic carbocycles. The van der Waals surface area contributed by atoms with Crippen LogP contribution in [0, 0.1) is 6.92 Å². The summed E-state index contributed by atoms with van der Waals surface area (Å²) in [6.45, 7) is 4.59. The average molecular weight is 249 g/mol. The molecule has 1 heterocycles.